The number of aliphatic hydroxyl groups excluding tert-OH is 1. The molecule has 4 heterocycles. The lowest BCUT2D eigenvalue weighted by Gasteiger charge is -2.34. The molecule has 0 aliphatic carbocycles. The number of nitrogens with zero attached hydrogens (tertiary/aromatic N) is 6. The smallest absolute Gasteiger partial charge is 0.264 e. The number of fused-ring (bicyclic) bond motifs is 1. The van der Waals surface area contributed by atoms with Crippen molar-refractivity contribution in [1.29, 1.82) is 0 Å². The number of β-amino-alcohol motifs (C(OH)–C–C–N with tert-alkyl or cyclic N) is 1. The Labute approximate surface area is 181 Å². The van der Waals surface area contributed by atoms with Crippen LogP contribution in [0.25, 0.3) is 22.2 Å². The molecule has 2 fully saturated rings. The summed E-state index contributed by atoms with van der Waals surface area (Å²) in [4.78, 5) is 29.0. The molecular weight excluding hydrogens is 392 g/mol. The minimum absolute atomic E-state index is 0.120. The molecule has 0 saturated carbocycles. The van der Waals surface area contributed by atoms with Crippen molar-refractivity contribution in [3.05, 3.63) is 47.0 Å². The number of hydrogen-bond donors (Lipinski definition) is 1. The van der Waals surface area contributed by atoms with Crippen LogP contribution < -0.4 is 15.4 Å². The number of piperazine rings is 1. The van der Waals surface area contributed by atoms with Crippen LogP contribution in [-0.2, 0) is 7.05 Å². The minimum Gasteiger partial charge on any atom is -0.391 e. The van der Waals surface area contributed by atoms with E-state index in [2.05, 4.69) is 46.1 Å². The maximum atomic E-state index is 12.9. The van der Waals surface area contributed by atoms with Crippen LogP contribution >= 0.6 is 0 Å². The van der Waals surface area contributed by atoms with E-state index in [4.69, 9.17) is 4.98 Å². The number of anilines is 2. The summed E-state index contributed by atoms with van der Waals surface area (Å²) < 4.78 is 1.48. The molecule has 8 heteroatoms. The summed E-state index contributed by atoms with van der Waals surface area (Å²) in [5, 5.41) is 10.5. The summed E-state index contributed by atoms with van der Waals surface area (Å²) in [7, 11) is 3.85. The normalized spacial score (nSPS) is 20.0. The van der Waals surface area contributed by atoms with Gasteiger partial charge in [0.1, 0.15) is 11.2 Å². The van der Waals surface area contributed by atoms with Gasteiger partial charge in [0.05, 0.1) is 23.6 Å². The van der Waals surface area contributed by atoms with Gasteiger partial charge < -0.3 is 24.4 Å². The fourth-order valence-corrected chi connectivity index (χ4v) is 4.42. The predicted octanol–water partition coefficient (Wildman–Crippen LogP) is 1.32. The van der Waals surface area contributed by atoms with Crippen LogP contribution in [0.2, 0.25) is 0 Å². The molecule has 1 aromatic carbocycles. The van der Waals surface area contributed by atoms with Gasteiger partial charge in [-0.05, 0) is 31.7 Å². The molecule has 0 radical (unpaired) electrons. The molecule has 31 heavy (non-hydrogen) atoms. The number of pyridine rings is 1. The molecule has 2 aliphatic rings. The van der Waals surface area contributed by atoms with Gasteiger partial charge in [-0.2, -0.15) is 0 Å². The fraction of sp³-hybridized carbons (Fsp3) is 0.435. The first-order chi connectivity index (χ1) is 15.0. The second kappa shape index (κ2) is 7.94. The molecule has 8 nitrogen and oxygen atoms in total. The van der Waals surface area contributed by atoms with Crippen LogP contribution in [0.5, 0.6) is 0 Å². The zero-order chi connectivity index (χ0) is 21.5. The first kappa shape index (κ1) is 20.0. The molecule has 2 aromatic heterocycles. The fourth-order valence-electron chi connectivity index (χ4n) is 4.42. The first-order valence-electron chi connectivity index (χ1n) is 10.8. The van der Waals surface area contributed by atoms with Crippen molar-refractivity contribution in [3.63, 3.8) is 0 Å². The Morgan fingerprint density at radius 2 is 1.74 bits per heavy atom. The Kier molecular flexibility index (Phi) is 5.11. The van der Waals surface area contributed by atoms with Gasteiger partial charge in [-0.15, -0.1) is 0 Å². The largest absolute Gasteiger partial charge is 0.391 e. The highest BCUT2D eigenvalue weighted by atomic mass is 16.3. The van der Waals surface area contributed by atoms with Crippen molar-refractivity contribution < 1.29 is 5.11 Å². The van der Waals surface area contributed by atoms with Crippen LogP contribution in [0, 0.1) is 0 Å². The van der Waals surface area contributed by atoms with E-state index in [9.17, 15) is 9.90 Å². The highest BCUT2D eigenvalue weighted by Gasteiger charge is 2.25. The van der Waals surface area contributed by atoms with Gasteiger partial charge in [0.15, 0.2) is 0 Å². The molecule has 3 aromatic rings. The van der Waals surface area contributed by atoms with Crippen molar-refractivity contribution in [2.45, 2.75) is 12.5 Å². The zero-order valence-corrected chi connectivity index (χ0v) is 18.0. The summed E-state index contributed by atoms with van der Waals surface area (Å²) >= 11 is 0. The molecule has 1 N–H and O–H groups in total. The Bertz CT molecular complexity index is 1150. The molecule has 0 unspecified atom stereocenters. The van der Waals surface area contributed by atoms with E-state index in [1.54, 1.807) is 13.4 Å². The lowest BCUT2D eigenvalue weighted by atomic mass is 10.1. The molecule has 0 amide bonds. The number of aliphatic hydroxyl groups is 1. The average molecular weight is 421 g/mol. The maximum absolute atomic E-state index is 12.9. The van der Waals surface area contributed by atoms with Crippen LogP contribution in [-0.4, -0.2) is 77.0 Å². The monoisotopic (exact) mass is 420 g/mol. The third kappa shape index (κ3) is 3.77. The van der Waals surface area contributed by atoms with Crippen LogP contribution in [0.4, 0.5) is 11.5 Å². The van der Waals surface area contributed by atoms with E-state index in [-0.39, 0.29) is 5.56 Å². The summed E-state index contributed by atoms with van der Waals surface area (Å²) in [5.41, 5.74) is 3.50. The van der Waals surface area contributed by atoms with Crippen molar-refractivity contribution >= 4 is 22.4 Å². The van der Waals surface area contributed by atoms with Gasteiger partial charge in [0, 0.05) is 57.6 Å². The SMILES string of the molecule is CN1CCN(c2ccc(-c3cc4ncn(C)c(=O)c4c(N4CC[C@@H](O)C4)n3)cc2)CC1. The Balaban J connectivity index is 1.54. The second-order valence-corrected chi connectivity index (χ2v) is 8.61. The summed E-state index contributed by atoms with van der Waals surface area (Å²) in [6.45, 7) is 5.34. The number of aryl methyl sites for hydroxylation is 1. The maximum Gasteiger partial charge on any atom is 0.264 e. The molecule has 0 spiro atoms. The molecule has 0 bridgehead atoms. The molecule has 2 saturated heterocycles. The third-order valence-electron chi connectivity index (χ3n) is 6.38. The van der Waals surface area contributed by atoms with Gasteiger partial charge in [-0.1, -0.05) is 12.1 Å². The highest BCUT2D eigenvalue weighted by Crippen LogP contribution is 2.30. The number of hydrogen-bond acceptors (Lipinski definition) is 7. The van der Waals surface area contributed by atoms with E-state index in [1.165, 1.54) is 10.3 Å². The van der Waals surface area contributed by atoms with Crippen LogP contribution in [0.3, 0.4) is 0 Å². The van der Waals surface area contributed by atoms with Gasteiger partial charge in [0.2, 0.25) is 0 Å². The van der Waals surface area contributed by atoms with E-state index in [0.29, 0.717) is 36.2 Å². The number of rotatable bonds is 3. The quantitative estimate of drug-likeness (QED) is 0.685. The zero-order valence-electron chi connectivity index (χ0n) is 18.0. The van der Waals surface area contributed by atoms with E-state index in [1.807, 2.05) is 11.0 Å². The summed E-state index contributed by atoms with van der Waals surface area (Å²) in [6.07, 6.45) is 1.82. The second-order valence-electron chi connectivity index (χ2n) is 8.61. The lowest BCUT2D eigenvalue weighted by Crippen LogP contribution is -2.44. The molecule has 5 rings (SSSR count). The predicted molar refractivity (Wildman–Crippen MR) is 123 cm³/mol. The first-order valence-corrected chi connectivity index (χ1v) is 10.8. The standard InChI is InChI=1S/C23H28N6O2/c1-26-9-11-28(12-10-26)17-5-3-16(4-6-17)19-13-20-21(23(31)27(2)15-24-20)22(25-19)29-8-7-18(30)14-29/h3-6,13,15,18,30H,7-12,14H2,1-2H3/t18-/m1/s1. The van der Waals surface area contributed by atoms with Gasteiger partial charge >= 0.3 is 0 Å². The van der Waals surface area contributed by atoms with Crippen LogP contribution in [0.1, 0.15) is 6.42 Å². The number of benzene rings is 1. The highest BCUT2D eigenvalue weighted by molar-refractivity contribution is 5.92. The van der Waals surface area contributed by atoms with Gasteiger partial charge in [-0.3, -0.25) is 4.79 Å². The van der Waals surface area contributed by atoms with E-state index >= 15 is 0 Å². The Hall–Kier alpha value is -2.97. The lowest BCUT2D eigenvalue weighted by molar-refractivity contribution is 0.198. The minimum atomic E-state index is -0.399. The molecular formula is C23H28N6O2. The molecule has 1 atom stereocenters. The summed E-state index contributed by atoms with van der Waals surface area (Å²) in [6, 6.07) is 10.3. The molecule has 162 valence electrons. The van der Waals surface area contributed by atoms with Gasteiger partial charge in [-0.25, -0.2) is 9.97 Å². The van der Waals surface area contributed by atoms with Crippen molar-refractivity contribution in [3.8, 4) is 11.3 Å². The van der Waals surface area contributed by atoms with E-state index < -0.39 is 6.10 Å². The molecule has 2 aliphatic heterocycles. The van der Waals surface area contributed by atoms with Gasteiger partial charge in [0.25, 0.3) is 5.56 Å². The van der Waals surface area contributed by atoms with Crippen LogP contribution in [0.15, 0.2) is 41.5 Å². The van der Waals surface area contributed by atoms with Crippen molar-refractivity contribution in [2.24, 2.45) is 7.05 Å². The van der Waals surface area contributed by atoms with Crippen molar-refractivity contribution in [2.75, 3.05) is 56.1 Å². The Morgan fingerprint density at radius 1 is 1.00 bits per heavy atom. The number of aromatic nitrogens is 3. The number of likely N-dealkylation sites (N-methyl/N-ethyl adjacent to an activating group) is 1. The topological polar surface area (TPSA) is 77.7 Å². The Morgan fingerprint density at radius 3 is 2.42 bits per heavy atom. The average Bonchev–Trinajstić information content (AvgIpc) is 3.22. The van der Waals surface area contributed by atoms with Crippen molar-refractivity contribution in [1.82, 2.24) is 19.4 Å². The third-order valence-corrected chi connectivity index (χ3v) is 6.38. The van der Waals surface area contributed by atoms with E-state index in [0.717, 1.165) is 37.4 Å². The summed E-state index contributed by atoms with van der Waals surface area (Å²) in [5.74, 6) is 0.612.